The Morgan fingerprint density at radius 1 is 0.829 bits per heavy atom. The second-order valence-corrected chi connectivity index (χ2v) is 8.71. The summed E-state index contributed by atoms with van der Waals surface area (Å²) in [5, 5.41) is 4.61. The molecule has 4 aromatic rings. The highest BCUT2D eigenvalue weighted by Crippen LogP contribution is 2.37. The topological polar surface area (TPSA) is 64.4 Å². The van der Waals surface area contributed by atoms with E-state index >= 15 is 0 Å². The summed E-state index contributed by atoms with van der Waals surface area (Å²) in [4.78, 5) is 27.7. The van der Waals surface area contributed by atoms with E-state index in [0.29, 0.717) is 28.3 Å². The van der Waals surface area contributed by atoms with Gasteiger partial charge in [-0.3, -0.25) is 9.59 Å². The molecule has 1 fully saturated rings. The van der Waals surface area contributed by atoms with Gasteiger partial charge in [-0.15, -0.1) is 0 Å². The number of carbonyl (C=O) groups excluding carboxylic acids is 1. The fourth-order valence-electron chi connectivity index (χ4n) is 4.42. The van der Waals surface area contributed by atoms with Crippen LogP contribution in [0.2, 0.25) is 0 Å². The van der Waals surface area contributed by atoms with E-state index in [9.17, 15) is 9.59 Å². The van der Waals surface area contributed by atoms with Crippen LogP contribution in [0.5, 0.6) is 11.5 Å². The Morgan fingerprint density at radius 2 is 1.57 bits per heavy atom. The summed E-state index contributed by atoms with van der Waals surface area (Å²) in [6.07, 6.45) is 3.23. The number of piperidine rings is 1. The molecule has 0 N–H and O–H groups in total. The maximum atomic E-state index is 13.1. The zero-order chi connectivity index (χ0) is 24.2. The van der Waals surface area contributed by atoms with Crippen molar-refractivity contribution >= 4 is 5.91 Å². The minimum atomic E-state index is -0.224. The molecule has 0 aliphatic carbocycles. The molecule has 35 heavy (non-hydrogen) atoms. The van der Waals surface area contributed by atoms with Crippen LogP contribution < -0.4 is 10.3 Å². The molecule has 0 unspecified atom stereocenters. The molecule has 0 atom stereocenters. The van der Waals surface area contributed by atoms with Gasteiger partial charge >= 0.3 is 0 Å². The molecule has 3 aromatic carbocycles. The molecule has 176 valence electrons. The predicted molar refractivity (Wildman–Crippen MR) is 137 cm³/mol. The third-order valence-corrected chi connectivity index (χ3v) is 6.27. The Hall–Kier alpha value is -4.19. The standard InChI is InChI=1S/C29H27N3O3/c1-31-27(33)20-25(21-11-10-12-22(19-21)29(34)32-17-8-3-9-18-32)28(30-31)24-15-6-7-16-26(24)35-23-13-4-2-5-14-23/h2,4-7,10-16,19-20H,3,8-9,17-18H2,1H3. The van der Waals surface area contributed by atoms with Gasteiger partial charge in [0.1, 0.15) is 17.2 Å². The van der Waals surface area contributed by atoms with Crippen LogP contribution in [0.25, 0.3) is 22.4 Å². The molecule has 1 aromatic heterocycles. The van der Waals surface area contributed by atoms with Crippen molar-refractivity contribution in [3.05, 3.63) is 101 Å². The summed E-state index contributed by atoms with van der Waals surface area (Å²) >= 11 is 0. The first-order chi connectivity index (χ1) is 17.1. The first-order valence-electron chi connectivity index (χ1n) is 11.9. The number of carbonyl (C=O) groups is 1. The number of ether oxygens (including phenoxy) is 1. The number of hydrogen-bond donors (Lipinski definition) is 0. The largest absolute Gasteiger partial charge is 0.457 e. The van der Waals surface area contributed by atoms with Crippen molar-refractivity contribution < 1.29 is 9.53 Å². The van der Waals surface area contributed by atoms with E-state index in [1.54, 1.807) is 13.1 Å². The zero-order valence-corrected chi connectivity index (χ0v) is 19.7. The van der Waals surface area contributed by atoms with Gasteiger partial charge in [0.2, 0.25) is 0 Å². The second kappa shape index (κ2) is 9.97. The van der Waals surface area contributed by atoms with Crippen LogP contribution in [0, 0.1) is 0 Å². The minimum Gasteiger partial charge on any atom is -0.457 e. The lowest BCUT2D eigenvalue weighted by atomic mass is 9.97. The van der Waals surface area contributed by atoms with Crippen LogP contribution >= 0.6 is 0 Å². The maximum Gasteiger partial charge on any atom is 0.267 e. The van der Waals surface area contributed by atoms with Gasteiger partial charge in [-0.25, -0.2) is 4.68 Å². The molecule has 1 aliphatic rings. The molecule has 0 spiro atoms. The van der Waals surface area contributed by atoms with Crippen LogP contribution in [0.4, 0.5) is 0 Å². The number of aromatic nitrogens is 2. The molecule has 6 heteroatoms. The average molecular weight is 466 g/mol. The van der Waals surface area contributed by atoms with Gasteiger partial charge < -0.3 is 9.64 Å². The summed E-state index contributed by atoms with van der Waals surface area (Å²) < 4.78 is 7.50. The van der Waals surface area contributed by atoms with Gasteiger partial charge in [0.05, 0.1) is 0 Å². The summed E-state index contributed by atoms with van der Waals surface area (Å²) in [7, 11) is 1.63. The summed E-state index contributed by atoms with van der Waals surface area (Å²) in [5.74, 6) is 1.37. The van der Waals surface area contributed by atoms with E-state index in [4.69, 9.17) is 4.74 Å². The maximum absolute atomic E-state index is 13.1. The van der Waals surface area contributed by atoms with Crippen LogP contribution in [-0.2, 0) is 7.05 Å². The molecule has 2 heterocycles. The quantitative estimate of drug-likeness (QED) is 0.389. The molecular weight excluding hydrogens is 438 g/mol. The number of aryl methyl sites for hydroxylation is 1. The number of hydrogen-bond acceptors (Lipinski definition) is 4. The first-order valence-corrected chi connectivity index (χ1v) is 11.9. The zero-order valence-electron chi connectivity index (χ0n) is 19.7. The van der Waals surface area contributed by atoms with Gasteiger partial charge in [0.25, 0.3) is 11.5 Å². The Bertz CT molecular complexity index is 1410. The lowest BCUT2D eigenvalue weighted by Gasteiger charge is -2.27. The third kappa shape index (κ3) is 4.87. The van der Waals surface area contributed by atoms with Gasteiger partial charge in [0.15, 0.2) is 0 Å². The van der Waals surface area contributed by atoms with Crippen molar-refractivity contribution in [1.29, 1.82) is 0 Å². The molecule has 0 saturated carbocycles. The van der Waals surface area contributed by atoms with Crippen LogP contribution in [0.15, 0.2) is 89.7 Å². The van der Waals surface area contributed by atoms with Crippen molar-refractivity contribution in [1.82, 2.24) is 14.7 Å². The highest BCUT2D eigenvalue weighted by Gasteiger charge is 2.20. The van der Waals surface area contributed by atoms with E-state index in [-0.39, 0.29) is 11.5 Å². The van der Waals surface area contributed by atoms with Gasteiger partial charge in [-0.2, -0.15) is 5.10 Å². The average Bonchev–Trinajstić information content (AvgIpc) is 2.91. The van der Waals surface area contributed by atoms with E-state index in [2.05, 4.69) is 5.10 Å². The monoisotopic (exact) mass is 465 g/mol. The number of likely N-dealkylation sites (tertiary alicyclic amines) is 1. The number of amides is 1. The lowest BCUT2D eigenvalue weighted by molar-refractivity contribution is 0.0724. The fraction of sp³-hybridized carbons (Fsp3) is 0.207. The number of para-hydroxylation sites is 2. The Morgan fingerprint density at radius 3 is 2.37 bits per heavy atom. The molecule has 1 aliphatic heterocycles. The fourth-order valence-corrected chi connectivity index (χ4v) is 4.42. The minimum absolute atomic E-state index is 0.0257. The van der Waals surface area contributed by atoms with Crippen molar-refractivity contribution in [2.45, 2.75) is 19.3 Å². The van der Waals surface area contributed by atoms with Gasteiger partial charge in [-0.1, -0.05) is 42.5 Å². The SMILES string of the molecule is Cn1nc(-c2ccccc2Oc2ccccc2)c(-c2cccc(C(=O)N3CCCCC3)c2)cc1=O. The van der Waals surface area contributed by atoms with E-state index in [0.717, 1.165) is 43.5 Å². The van der Waals surface area contributed by atoms with Crippen molar-refractivity contribution in [2.24, 2.45) is 7.05 Å². The predicted octanol–water partition coefficient (Wildman–Crippen LogP) is 5.53. The summed E-state index contributed by atoms with van der Waals surface area (Å²) in [6.45, 7) is 1.57. The van der Waals surface area contributed by atoms with E-state index in [1.807, 2.05) is 83.8 Å². The normalized spacial score (nSPS) is 13.5. The van der Waals surface area contributed by atoms with Crippen LogP contribution in [0.3, 0.4) is 0 Å². The smallest absolute Gasteiger partial charge is 0.267 e. The van der Waals surface area contributed by atoms with Gasteiger partial charge in [-0.05, 0) is 61.2 Å². The Kier molecular flexibility index (Phi) is 6.44. The van der Waals surface area contributed by atoms with E-state index in [1.165, 1.54) is 4.68 Å². The summed E-state index contributed by atoms with van der Waals surface area (Å²) in [5.41, 5.74) is 3.19. The number of nitrogens with zero attached hydrogens (tertiary/aromatic N) is 3. The summed E-state index contributed by atoms with van der Waals surface area (Å²) in [6, 6.07) is 26.2. The van der Waals surface area contributed by atoms with Crippen LogP contribution in [0.1, 0.15) is 29.6 Å². The molecule has 1 amide bonds. The molecule has 1 saturated heterocycles. The van der Waals surface area contributed by atoms with Crippen molar-refractivity contribution in [3.8, 4) is 33.9 Å². The highest BCUT2D eigenvalue weighted by molar-refractivity contribution is 5.96. The van der Waals surface area contributed by atoms with Crippen LogP contribution in [-0.4, -0.2) is 33.7 Å². The lowest BCUT2D eigenvalue weighted by Crippen LogP contribution is -2.35. The Labute approximate surface area is 204 Å². The van der Waals surface area contributed by atoms with Gasteiger partial charge in [0, 0.05) is 42.9 Å². The second-order valence-electron chi connectivity index (χ2n) is 8.71. The number of benzene rings is 3. The third-order valence-electron chi connectivity index (χ3n) is 6.27. The first kappa shape index (κ1) is 22.6. The molecule has 0 radical (unpaired) electrons. The Balaban J connectivity index is 1.59. The number of rotatable bonds is 5. The molecule has 5 rings (SSSR count). The molecule has 6 nitrogen and oxygen atoms in total. The van der Waals surface area contributed by atoms with E-state index < -0.39 is 0 Å². The molecule has 0 bridgehead atoms. The highest BCUT2D eigenvalue weighted by atomic mass is 16.5. The van der Waals surface area contributed by atoms with Crippen molar-refractivity contribution in [3.63, 3.8) is 0 Å². The van der Waals surface area contributed by atoms with Crippen molar-refractivity contribution in [2.75, 3.05) is 13.1 Å². The molecular formula is C29H27N3O3.